The third-order valence-corrected chi connectivity index (χ3v) is 3.02. The van der Waals surface area contributed by atoms with E-state index in [1.54, 1.807) is 18.3 Å². The van der Waals surface area contributed by atoms with Gasteiger partial charge in [0, 0.05) is 11.8 Å². The van der Waals surface area contributed by atoms with E-state index in [0.29, 0.717) is 11.2 Å². The quantitative estimate of drug-likeness (QED) is 0.714. The predicted octanol–water partition coefficient (Wildman–Crippen LogP) is 2.27. The average Bonchev–Trinajstić information content (AvgIpc) is 2.79. The molecule has 3 aromatic rings. The van der Waals surface area contributed by atoms with Gasteiger partial charge in [0.15, 0.2) is 23.0 Å². The normalized spacial score (nSPS) is 11.2. The lowest BCUT2D eigenvalue weighted by atomic mass is 10.0. The van der Waals surface area contributed by atoms with Gasteiger partial charge in [-0.2, -0.15) is 4.98 Å². The van der Waals surface area contributed by atoms with Crippen LogP contribution in [0.3, 0.4) is 0 Å². The molecule has 0 unspecified atom stereocenters. The highest BCUT2D eigenvalue weighted by Crippen LogP contribution is 2.33. The van der Waals surface area contributed by atoms with Gasteiger partial charge >= 0.3 is 0 Å². The molecule has 0 aliphatic carbocycles. The molecule has 0 fully saturated rings. The summed E-state index contributed by atoms with van der Waals surface area (Å²) >= 11 is 0. The fourth-order valence-corrected chi connectivity index (χ4v) is 2.03. The van der Waals surface area contributed by atoms with Crippen molar-refractivity contribution in [2.24, 2.45) is 0 Å². The first kappa shape index (κ1) is 12.3. The van der Waals surface area contributed by atoms with E-state index >= 15 is 0 Å². The Labute approximate surface area is 112 Å². The minimum Gasteiger partial charge on any atom is -0.503 e. The second-order valence-corrected chi connectivity index (χ2v) is 4.41. The van der Waals surface area contributed by atoms with Crippen LogP contribution in [0.4, 0.5) is 14.7 Å². The number of rotatable bonds is 1. The Hall–Kier alpha value is -2.70. The largest absolute Gasteiger partial charge is 0.503 e. The number of anilines is 1. The van der Waals surface area contributed by atoms with E-state index in [4.69, 9.17) is 5.73 Å². The van der Waals surface area contributed by atoms with Crippen molar-refractivity contribution in [3.63, 3.8) is 0 Å². The number of halogens is 2. The number of benzene rings is 1. The molecule has 1 aromatic carbocycles. The Bertz CT molecular complexity index is 829. The second kappa shape index (κ2) is 4.16. The fourth-order valence-electron chi connectivity index (χ4n) is 2.03. The van der Waals surface area contributed by atoms with Crippen LogP contribution in [0.5, 0.6) is 5.75 Å². The topological polar surface area (TPSA) is 76.4 Å². The number of nitrogen functional groups attached to an aromatic ring is 1. The molecular formula is C13H10F2N4O. The van der Waals surface area contributed by atoms with E-state index in [-0.39, 0.29) is 17.1 Å². The van der Waals surface area contributed by atoms with Crippen molar-refractivity contribution in [3.8, 4) is 16.9 Å². The molecule has 102 valence electrons. The summed E-state index contributed by atoms with van der Waals surface area (Å²) in [5.74, 6) is -2.86. The Morgan fingerprint density at radius 1 is 1.25 bits per heavy atom. The van der Waals surface area contributed by atoms with Gasteiger partial charge < -0.3 is 10.8 Å². The molecule has 0 aliphatic rings. The van der Waals surface area contributed by atoms with Crippen LogP contribution in [0.2, 0.25) is 0 Å². The van der Waals surface area contributed by atoms with Crippen LogP contribution in [0.1, 0.15) is 5.56 Å². The van der Waals surface area contributed by atoms with Gasteiger partial charge in [0.2, 0.25) is 5.95 Å². The number of phenolic OH excluding ortho intramolecular Hbond substituents is 1. The van der Waals surface area contributed by atoms with E-state index < -0.39 is 17.4 Å². The Kier molecular flexibility index (Phi) is 2.56. The number of hydrogen-bond acceptors (Lipinski definition) is 4. The van der Waals surface area contributed by atoms with Crippen molar-refractivity contribution in [1.82, 2.24) is 14.6 Å². The highest BCUT2D eigenvalue weighted by molar-refractivity contribution is 5.70. The number of aromatic hydroxyl groups is 1. The van der Waals surface area contributed by atoms with Gasteiger partial charge in [-0.3, -0.25) is 0 Å². The maximum atomic E-state index is 14.0. The molecule has 0 saturated heterocycles. The lowest BCUT2D eigenvalue weighted by Crippen LogP contribution is -1.94. The van der Waals surface area contributed by atoms with Crippen LogP contribution in [0, 0.1) is 18.6 Å². The molecule has 0 atom stereocenters. The molecule has 0 saturated carbocycles. The SMILES string of the molecule is Cc1cc(-c2ccn3nc(N)nc3c2)c(F)c(O)c1F. The Morgan fingerprint density at radius 2 is 2.00 bits per heavy atom. The minimum absolute atomic E-state index is 0.0884. The van der Waals surface area contributed by atoms with Crippen LogP contribution in [-0.2, 0) is 0 Å². The number of nitrogens with two attached hydrogens (primary N) is 1. The van der Waals surface area contributed by atoms with E-state index in [0.717, 1.165) is 0 Å². The smallest absolute Gasteiger partial charge is 0.240 e. The zero-order chi connectivity index (χ0) is 14.4. The number of fused-ring (bicyclic) bond motifs is 1. The van der Waals surface area contributed by atoms with Crippen molar-refractivity contribution >= 4 is 11.6 Å². The monoisotopic (exact) mass is 276 g/mol. The second-order valence-electron chi connectivity index (χ2n) is 4.41. The van der Waals surface area contributed by atoms with E-state index in [1.165, 1.54) is 17.5 Å². The zero-order valence-corrected chi connectivity index (χ0v) is 10.4. The van der Waals surface area contributed by atoms with Crippen LogP contribution in [-0.4, -0.2) is 19.7 Å². The van der Waals surface area contributed by atoms with E-state index in [1.807, 2.05) is 0 Å². The van der Waals surface area contributed by atoms with Crippen molar-refractivity contribution in [2.45, 2.75) is 6.92 Å². The molecular weight excluding hydrogens is 266 g/mol. The molecule has 0 amide bonds. The van der Waals surface area contributed by atoms with Crippen LogP contribution in [0.15, 0.2) is 24.4 Å². The van der Waals surface area contributed by atoms with E-state index in [9.17, 15) is 13.9 Å². The summed E-state index contributed by atoms with van der Waals surface area (Å²) in [6.07, 6.45) is 1.56. The van der Waals surface area contributed by atoms with E-state index in [2.05, 4.69) is 10.1 Å². The van der Waals surface area contributed by atoms with Gasteiger partial charge in [-0.05, 0) is 36.2 Å². The number of pyridine rings is 1. The maximum absolute atomic E-state index is 14.0. The first-order chi connectivity index (χ1) is 9.47. The number of aryl methyl sites for hydroxylation is 1. The van der Waals surface area contributed by atoms with Crippen molar-refractivity contribution < 1.29 is 13.9 Å². The lowest BCUT2D eigenvalue weighted by molar-refractivity contribution is 0.395. The van der Waals surface area contributed by atoms with Crippen LogP contribution < -0.4 is 5.73 Å². The third kappa shape index (κ3) is 1.75. The van der Waals surface area contributed by atoms with Gasteiger partial charge in [0.05, 0.1) is 0 Å². The average molecular weight is 276 g/mol. The first-order valence-corrected chi connectivity index (χ1v) is 5.77. The molecule has 20 heavy (non-hydrogen) atoms. The summed E-state index contributed by atoms with van der Waals surface area (Å²) in [6, 6.07) is 4.46. The molecule has 7 heteroatoms. The number of nitrogens with zero attached hydrogens (tertiary/aromatic N) is 3. The van der Waals surface area contributed by atoms with Crippen LogP contribution in [0.25, 0.3) is 16.8 Å². The highest BCUT2D eigenvalue weighted by Gasteiger charge is 2.17. The van der Waals surface area contributed by atoms with Crippen molar-refractivity contribution in [2.75, 3.05) is 5.73 Å². The Balaban J connectivity index is 2.25. The molecule has 2 aromatic heterocycles. The maximum Gasteiger partial charge on any atom is 0.240 e. The lowest BCUT2D eigenvalue weighted by Gasteiger charge is -2.08. The molecule has 3 rings (SSSR count). The molecule has 5 nitrogen and oxygen atoms in total. The number of aromatic nitrogens is 3. The van der Waals surface area contributed by atoms with Gasteiger partial charge in [0.1, 0.15) is 0 Å². The molecule has 0 aliphatic heterocycles. The minimum atomic E-state index is -1.01. The summed E-state index contributed by atoms with van der Waals surface area (Å²) in [5.41, 5.74) is 6.59. The molecule has 0 spiro atoms. The summed E-state index contributed by atoms with van der Waals surface area (Å²) in [5, 5.41) is 13.3. The standard InChI is InChI=1S/C13H10F2N4O/c1-6-4-8(11(15)12(20)10(6)14)7-2-3-19-9(5-7)17-13(16)18-19/h2-5,20H,1H3,(H2,16,18). The summed E-state index contributed by atoms with van der Waals surface area (Å²) in [6.45, 7) is 1.45. The number of phenols is 1. The summed E-state index contributed by atoms with van der Waals surface area (Å²) in [4.78, 5) is 3.96. The number of hydrogen-bond donors (Lipinski definition) is 2. The Morgan fingerprint density at radius 3 is 2.75 bits per heavy atom. The van der Waals surface area contributed by atoms with Gasteiger partial charge in [-0.25, -0.2) is 13.3 Å². The highest BCUT2D eigenvalue weighted by atomic mass is 19.1. The predicted molar refractivity (Wildman–Crippen MR) is 69.2 cm³/mol. The van der Waals surface area contributed by atoms with Crippen molar-refractivity contribution in [3.05, 3.63) is 41.6 Å². The molecule has 0 radical (unpaired) electrons. The van der Waals surface area contributed by atoms with Gasteiger partial charge in [0.25, 0.3) is 0 Å². The first-order valence-electron chi connectivity index (χ1n) is 5.77. The van der Waals surface area contributed by atoms with Crippen molar-refractivity contribution in [1.29, 1.82) is 0 Å². The zero-order valence-electron chi connectivity index (χ0n) is 10.4. The summed E-state index contributed by atoms with van der Waals surface area (Å²) < 4.78 is 28.8. The fraction of sp³-hybridized carbons (Fsp3) is 0.0769. The molecule has 2 heterocycles. The van der Waals surface area contributed by atoms with Crippen LogP contribution >= 0.6 is 0 Å². The third-order valence-electron chi connectivity index (χ3n) is 3.02. The molecule has 3 N–H and O–H groups in total. The summed E-state index contributed by atoms with van der Waals surface area (Å²) in [7, 11) is 0. The van der Waals surface area contributed by atoms with Gasteiger partial charge in [-0.15, -0.1) is 5.10 Å². The van der Waals surface area contributed by atoms with Gasteiger partial charge in [-0.1, -0.05) is 0 Å². The molecule has 0 bridgehead atoms.